The van der Waals surface area contributed by atoms with Crippen LogP contribution in [0.3, 0.4) is 0 Å². The molecular weight excluding hydrogens is 408 g/mol. The van der Waals surface area contributed by atoms with Gasteiger partial charge < -0.3 is 15.4 Å². The van der Waals surface area contributed by atoms with Crippen LogP contribution in [0.2, 0.25) is 0 Å². The number of rotatable bonds is 7. The molecule has 4 aromatic rings. The molecule has 0 amide bonds. The molecule has 3 aromatic carbocycles. The fourth-order valence-electron chi connectivity index (χ4n) is 4.60. The molecule has 2 N–H and O–H groups in total. The van der Waals surface area contributed by atoms with Crippen LogP contribution in [0.15, 0.2) is 66.9 Å². The van der Waals surface area contributed by atoms with Crippen LogP contribution in [-0.2, 0) is 0 Å². The van der Waals surface area contributed by atoms with Gasteiger partial charge in [0.1, 0.15) is 5.75 Å². The largest absolute Gasteiger partial charge is 0.494 e. The Morgan fingerprint density at radius 3 is 2.61 bits per heavy atom. The standard InChI is InChI=1S/C28H30N4O/c1-19-5-3-6-20(2)27(19)21-8-13-26-22(17-21)18-30-28(32-26)31-24-9-11-25(12-10-24)33-16-14-23-7-4-15-29-23/h3,5-6,8-13,17-18,23,29H,4,7,14-16H2,1-2H3,(H,30,31,32). The molecule has 0 saturated carbocycles. The Bertz CT molecular complexity index is 1230. The van der Waals surface area contributed by atoms with E-state index in [9.17, 15) is 0 Å². The second-order valence-corrected chi connectivity index (χ2v) is 8.81. The number of ether oxygens (including phenoxy) is 1. The van der Waals surface area contributed by atoms with Crippen molar-refractivity contribution in [1.29, 1.82) is 0 Å². The van der Waals surface area contributed by atoms with Gasteiger partial charge in [-0.05, 0) is 98.3 Å². The zero-order valence-corrected chi connectivity index (χ0v) is 19.3. The van der Waals surface area contributed by atoms with Crippen LogP contribution in [-0.4, -0.2) is 29.2 Å². The number of anilines is 2. The lowest BCUT2D eigenvalue weighted by Crippen LogP contribution is -2.23. The van der Waals surface area contributed by atoms with E-state index < -0.39 is 0 Å². The summed E-state index contributed by atoms with van der Waals surface area (Å²) in [7, 11) is 0. The molecule has 0 aliphatic carbocycles. The Morgan fingerprint density at radius 2 is 1.85 bits per heavy atom. The molecule has 5 heteroatoms. The molecule has 0 radical (unpaired) electrons. The van der Waals surface area contributed by atoms with Gasteiger partial charge in [-0.2, -0.15) is 0 Å². The highest BCUT2D eigenvalue weighted by atomic mass is 16.5. The zero-order valence-electron chi connectivity index (χ0n) is 19.3. The van der Waals surface area contributed by atoms with Crippen molar-refractivity contribution in [2.75, 3.05) is 18.5 Å². The summed E-state index contributed by atoms with van der Waals surface area (Å²) in [5.41, 5.74) is 6.88. The summed E-state index contributed by atoms with van der Waals surface area (Å²) in [6.45, 7) is 6.18. The lowest BCUT2D eigenvalue weighted by molar-refractivity contribution is 0.292. The summed E-state index contributed by atoms with van der Waals surface area (Å²) in [4.78, 5) is 9.24. The van der Waals surface area contributed by atoms with Gasteiger partial charge in [-0.15, -0.1) is 0 Å². The summed E-state index contributed by atoms with van der Waals surface area (Å²) >= 11 is 0. The third-order valence-corrected chi connectivity index (χ3v) is 6.36. The molecule has 0 spiro atoms. The Balaban J connectivity index is 1.25. The number of nitrogens with one attached hydrogen (secondary N) is 2. The minimum Gasteiger partial charge on any atom is -0.494 e. The highest BCUT2D eigenvalue weighted by Gasteiger charge is 2.13. The molecule has 1 saturated heterocycles. The van der Waals surface area contributed by atoms with Crippen molar-refractivity contribution in [3.63, 3.8) is 0 Å². The highest BCUT2D eigenvalue weighted by Crippen LogP contribution is 2.29. The molecule has 1 aliphatic heterocycles. The minimum absolute atomic E-state index is 0.586. The van der Waals surface area contributed by atoms with Crippen LogP contribution in [0.25, 0.3) is 22.0 Å². The molecule has 1 aliphatic rings. The van der Waals surface area contributed by atoms with E-state index in [0.29, 0.717) is 12.0 Å². The summed E-state index contributed by atoms with van der Waals surface area (Å²) in [5.74, 6) is 1.47. The molecule has 1 unspecified atom stereocenters. The van der Waals surface area contributed by atoms with E-state index in [1.165, 1.54) is 35.1 Å². The number of hydrogen-bond acceptors (Lipinski definition) is 5. The Kier molecular flexibility index (Phi) is 6.22. The van der Waals surface area contributed by atoms with Gasteiger partial charge in [0.15, 0.2) is 0 Å². The van der Waals surface area contributed by atoms with Gasteiger partial charge >= 0.3 is 0 Å². The van der Waals surface area contributed by atoms with Gasteiger partial charge in [0.25, 0.3) is 0 Å². The van der Waals surface area contributed by atoms with E-state index in [1.54, 1.807) is 0 Å². The third-order valence-electron chi connectivity index (χ3n) is 6.36. The van der Waals surface area contributed by atoms with Crippen molar-refractivity contribution in [2.24, 2.45) is 0 Å². The first-order valence-electron chi connectivity index (χ1n) is 11.7. The quantitative estimate of drug-likeness (QED) is 0.361. The Morgan fingerprint density at radius 1 is 1.03 bits per heavy atom. The van der Waals surface area contributed by atoms with Crippen LogP contribution in [0.1, 0.15) is 30.4 Å². The van der Waals surface area contributed by atoms with E-state index in [1.807, 2.05) is 30.5 Å². The van der Waals surface area contributed by atoms with E-state index >= 15 is 0 Å². The average Bonchev–Trinajstić information content (AvgIpc) is 3.34. The molecule has 5 rings (SSSR count). The highest BCUT2D eigenvalue weighted by molar-refractivity contribution is 5.86. The third kappa shape index (κ3) is 4.99. The maximum Gasteiger partial charge on any atom is 0.227 e. The number of aromatic nitrogens is 2. The van der Waals surface area contributed by atoms with Gasteiger partial charge in [0, 0.05) is 23.3 Å². The first kappa shape index (κ1) is 21.4. The number of benzene rings is 3. The second-order valence-electron chi connectivity index (χ2n) is 8.81. The van der Waals surface area contributed by atoms with Gasteiger partial charge in [0.2, 0.25) is 5.95 Å². The summed E-state index contributed by atoms with van der Waals surface area (Å²) in [6.07, 6.45) is 5.46. The van der Waals surface area contributed by atoms with Crippen molar-refractivity contribution >= 4 is 22.5 Å². The van der Waals surface area contributed by atoms with Crippen LogP contribution in [0, 0.1) is 13.8 Å². The number of aryl methyl sites for hydroxylation is 2. The van der Waals surface area contributed by atoms with Crippen LogP contribution in [0.5, 0.6) is 5.75 Å². The van der Waals surface area contributed by atoms with Crippen molar-refractivity contribution in [3.8, 4) is 16.9 Å². The van der Waals surface area contributed by atoms with Gasteiger partial charge in [-0.1, -0.05) is 24.3 Å². The van der Waals surface area contributed by atoms with E-state index in [2.05, 4.69) is 65.9 Å². The Hall–Kier alpha value is -3.44. The van der Waals surface area contributed by atoms with Crippen molar-refractivity contribution < 1.29 is 4.74 Å². The molecule has 1 aromatic heterocycles. The summed E-state index contributed by atoms with van der Waals surface area (Å²) in [6, 6.07) is 21.4. The number of fused-ring (bicyclic) bond motifs is 1. The lowest BCUT2D eigenvalue weighted by atomic mass is 9.95. The van der Waals surface area contributed by atoms with Gasteiger partial charge in [-0.3, -0.25) is 0 Å². The fraction of sp³-hybridized carbons (Fsp3) is 0.286. The Labute approximate surface area is 195 Å². The molecular formula is C28H30N4O. The predicted octanol–water partition coefficient (Wildman–Crippen LogP) is 6.18. The first-order chi connectivity index (χ1) is 16.2. The number of hydrogen-bond donors (Lipinski definition) is 2. The minimum atomic E-state index is 0.586. The monoisotopic (exact) mass is 438 g/mol. The smallest absolute Gasteiger partial charge is 0.227 e. The lowest BCUT2D eigenvalue weighted by Gasteiger charge is -2.12. The summed E-state index contributed by atoms with van der Waals surface area (Å²) < 4.78 is 5.90. The fourth-order valence-corrected chi connectivity index (χ4v) is 4.60. The molecule has 1 atom stereocenters. The molecule has 168 valence electrons. The summed E-state index contributed by atoms with van der Waals surface area (Å²) in [5, 5.41) is 7.83. The predicted molar refractivity (Wildman–Crippen MR) is 135 cm³/mol. The topological polar surface area (TPSA) is 59.1 Å². The second kappa shape index (κ2) is 9.59. The van der Waals surface area contributed by atoms with Crippen molar-refractivity contribution in [2.45, 2.75) is 39.2 Å². The molecule has 2 heterocycles. The van der Waals surface area contributed by atoms with Gasteiger partial charge in [0.05, 0.1) is 12.1 Å². The SMILES string of the molecule is Cc1cccc(C)c1-c1ccc2nc(Nc3ccc(OCCC4CCCN4)cc3)ncc2c1. The molecule has 0 bridgehead atoms. The van der Waals surface area contributed by atoms with E-state index in [0.717, 1.165) is 41.9 Å². The van der Waals surface area contributed by atoms with Crippen molar-refractivity contribution in [3.05, 3.63) is 78.0 Å². The zero-order chi connectivity index (χ0) is 22.6. The average molecular weight is 439 g/mol. The maximum absolute atomic E-state index is 5.90. The van der Waals surface area contributed by atoms with Crippen LogP contribution < -0.4 is 15.4 Å². The van der Waals surface area contributed by atoms with E-state index in [-0.39, 0.29) is 0 Å². The number of nitrogens with zero attached hydrogens (tertiary/aromatic N) is 2. The van der Waals surface area contributed by atoms with Crippen molar-refractivity contribution in [1.82, 2.24) is 15.3 Å². The van der Waals surface area contributed by atoms with Gasteiger partial charge in [-0.25, -0.2) is 9.97 Å². The molecule has 5 nitrogen and oxygen atoms in total. The van der Waals surface area contributed by atoms with E-state index in [4.69, 9.17) is 9.72 Å². The molecule has 33 heavy (non-hydrogen) atoms. The van der Waals surface area contributed by atoms with Crippen LogP contribution in [0.4, 0.5) is 11.6 Å². The first-order valence-corrected chi connectivity index (χ1v) is 11.7. The maximum atomic E-state index is 5.90. The van der Waals surface area contributed by atoms with Crippen LogP contribution >= 0.6 is 0 Å². The normalized spacial score (nSPS) is 15.6. The molecule has 1 fully saturated rings.